The van der Waals surface area contributed by atoms with E-state index < -0.39 is 0 Å². The van der Waals surface area contributed by atoms with Gasteiger partial charge in [-0.2, -0.15) is 0 Å². The van der Waals surface area contributed by atoms with Crippen LogP contribution >= 0.6 is 0 Å². The summed E-state index contributed by atoms with van der Waals surface area (Å²) >= 11 is 0. The van der Waals surface area contributed by atoms with Gasteiger partial charge in [0.15, 0.2) is 0 Å². The van der Waals surface area contributed by atoms with Crippen LogP contribution in [0, 0.1) is 11.8 Å². The Bertz CT molecular complexity index is 521. The maximum Gasteiger partial charge on any atom is 0.0457 e. The Labute approximate surface area is 109 Å². The van der Waals surface area contributed by atoms with Crippen LogP contribution in [0.2, 0.25) is 0 Å². The SMILES string of the molecule is CC1CCC(C(N)c2c[nH]c3ccccc23)CC1. The fourth-order valence-electron chi connectivity index (χ4n) is 3.27. The molecule has 0 bridgehead atoms. The van der Waals surface area contributed by atoms with Crippen molar-refractivity contribution in [2.75, 3.05) is 0 Å². The lowest BCUT2D eigenvalue weighted by Crippen LogP contribution is -2.25. The first kappa shape index (κ1) is 11.8. The third kappa shape index (κ3) is 2.05. The molecule has 1 saturated carbocycles. The molecule has 96 valence electrons. The number of aromatic nitrogens is 1. The second-order valence-electron chi connectivity index (χ2n) is 5.84. The summed E-state index contributed by atoms with van der Waals surface area (Å²) in [4.78, 5) is 3.34. The quantitative estimate of drug-likeness (QED) is 0.821. The second-order valence-corrected chi connectivity index (χ2v) is 5.84. The standard InChI is InChI=1S/C16H22N2/c1-11-6-8-12(9-7-11)16(17)14-10-18-15-5-3-2-4-13(14)15/h2-5,10-12,16,18H,6-9,17H2,1H3. The summed E-state index contributed by atoms with van der Waals surface area (Å²) in [5, 5.41) is 1.30. The lowest BCUT2D eigenvalue weighted by Gasteiger charge is -2.30. The summed E-state index contributed by atoms with van der Waals surface area (Å²) in [5.74, 6) is 1.54. The normalized spacial score (nSPS) is 26.3. The number of hydrogen-bond acceptors (Lipinski definition) is 1. The van der Waals surface area contributed by atoms with Gasteiger partial charge in [0.05, 0.1) is 0 Å². The monoisotopic (exact) mass is 242 g/mol. The summed E-state index contributed by atoms with van der Waals surface area (Å²) in [5.41, 5.74) is 9.00. The summed E-state index contributed by atoms with van der Waals surface area (Å²) in [6.07, 6.45) is 7.33. The molecule has 0 amide bonds. The minimum atomic E-state index is 0.189. The average molecular weight is 242 g/mol. The smallest absolute Gasteiger partial charge is 0.0457 e. The zero-order valence-corrected chi connectivity index (χ0v) is 11.0. The Morgan fingerprint density at radius 2 is 1.89 bits per heavy atom. The van der Waals surface area contributed by atoms with Crippen molar-refractivity contribution in [3.63, 3.8) is 0 Å². The van der Waals surface area contributed by atoms with E-state index in [0.29, 0.717) is 5.92 Å². The van der Waals surface area contributed by atoms with E-state index in [1.165, 1.54) is 42.1 Å². The molecule has 0 aliphatic heterocycles. The minimum Gasteiger partial charge on any atom is -0.361 e. The highest BCUT2D eigenvalue weighted by molar-refractivity contribution is 5.83. The molecule has 1 aromatic heterocycles. The minimum absolute atomic E-state index is 0.189. The van der Waals surface area contributed by atoms with Crippen LogP contribution in [-0.4, -0.2) is 4.98 Å². The van der Waals surface area contributed by atoms with Crippen LogP contribution in [0.15, 0.2) is 30.5 Å². The van der Waals surface area contributed by atoms with Crippen molar-refractivity contribution >= 4 is 10.9 Å². The molecule has 1 unspecified atom stereocenters. The van der Waals surface area contributed by atoms with Crippen molar-refractivity contribution in [1.82, 2.24) is 4.98 Å². The molecule has 1 aliphatic rings. The van der Waals surface area contributed by atoms with Gasteiger partial charge in [-0.15, -0.1) is 0 Å². The molecule has 1 heterocycles. The van der Waals surface area contributed by atoms with Gasteiger partial charge in [0.2, 0.25) is 0 Å². The van der Waals surface area contributed by atoms with Crippen LogP contribution in [-0.2, 0) is 0 Å². The van der Waals surface area contributed by atoms with Gasteiger partial charge in [-0.05, 0) is 36.3 Å². The number of rotatable bonds is 2. The Hall–Kier alpha value is -1.28. The van der Waals surface area contributed by atoms with E-state index >= 15 is 0 Å². The Balaban J connectivity index is 1.85. The van der Waals surface area contributed by atoms with E-state index in [-0.39, 0.29) is 6.04 Å². The van der Waals surface area contributed by atoms with Crippen molar-refractivity contribution < 1.29 is 0 Å². The molecule has 3 rings (SSSR count). The first-order valence-electron chi connectivity index (χ1n) is 7.07. The van der Waals surface area contributed by atoms with E-state index in [2.05, 4.69) is 42.4 Å². The molecule has 0 radical (unpaired) electrons. The fraction of sp³-hybridized carbons (Fsp3) is 0.500. The van der Waals surface area contributed by atoms with Gasteiger partial charge in [-0.1, -0.05) is 38.0 Å². The third-order valence-electron chi connectivity index (χ3n) is 4.55. The van der Waals surface area contributed by atoms with Gasteiger partial charge < -0.3 is 10.7 Å². The first-order valence-corrected chi connectivity index (χ1v) is 7.07. The molecular formula is C16H22N2. The van der Waals surface area contributed by atoms with Crippen LogP contribution in [0.25, 0.3) is 10.9 Å². The Morgan fingerprint density at radius 1 is 1.17 bits per heavy atom. The molecule has 1 aliphatic carbocycles. The van der Waals surface area contributed by atoms with Crippen molar-refractivity contribution in [2.45, 2.75) is 38.6 Å². The van der Waals surface area contributed by atoms with Gasteiger partial charge >= 0.3 is 0 Å². The van der Waals surface area contributed by atoms with Crippen molar-refractivity contribution in [3.8, 4) is 0 Å². The number of H-pyrrole nitrogens is 1. The van der Waals surface area contributed by atoms with E-state index in [0.717, 1.165) is 5.92 Å². The largest absolute Gasteiger partial charge is 0.361 e. The predicted octanol–water partition coefficient (Wildman–Crippen LogP) is 3.99. The van der Waals surface area contributed by atoms with Crippen molar-refractivity contribution in [1.29, 1.82) is 0 Å². The topological polar surface area (TPSA) is 41.8 Å². The predicted molar refractivity (Wildman–Crippen MR) is 76.3 cm³/mol. The molecule has 3 N–H and O–H groups in total. The molecular weight excluding hydrogens is 220 g/mol. The highest BCUT2D eigenvalue weighted by Gasteiger charge is 2.26. The van der Waals surface area contributed by atoms with Crippen LogP contribution < -0.4 is 5.73 Å². The van der Waals surface area contributed by atoms with Gasteiger partial charge in [0.1, 0.15) is 0 Å². The zero-order valence-electron chi connectivity index (χ0n) is 11.0. The molecule has 0 spiro atoms. The number of nitrogens with one attached hydrogen (secondary N) is 1. The van der Waals surface area contributed by atoms with Crippen LogP contribution in [0.4, 0.5) is 0 Å². The zero-order chi connectivity index (χ0) is 12.5. The fourth-order valence-corrected chi connectivity index (χ4v) is 3.27. The van der Waals surface area contributed by atoms with Gasteiger partial charge in [0, 0.05) is 23.1 Å². The van der Waals surface area contributed by atoms with E-state index in [9.17, 15) is 0 Å². The highest BCUT2D eigenvalue weighted by atomic mass is 14.7. The number of fused-ring (bicyclic) bond motifs is 1. The molecule has 2 nitrogen and oxygen atoms in total. The van der Waals surface area contributed by atoms with E-state index in [1.54, 1.807) is 0 Å². The summed E-state index contributed by atoms with van der Waals surface area (Å²) in [7, 11) is 0. The number of para-hydroxylation sites is 1. The maximum atomic E-state index is 6.51. The van der Waals surface area contributed by atoms with Crippen LogP contribution in [0.3, 0.4) is 0 Å². The maximum absolute atomic E-state index is 6.51. The molecule has 18 heavy (non-hydrogen) atoms. The van der Waals surface area contributed by atoms with Crippen molar-refractivity contribution in [3.05, 3.63) is 36.0 Å². The number of nitrogens with two attached hydrogens (primary N) is 1. The number of hydrogen-bond donors (Lipinski definition) is 2. The summed E-state index contributed by atoms with van der Waals surface area (Å²) < 4.78 is 0. The molecule has 0 saturated heterocycles. The average Bonchev–Trinajstić information content (AvgIpc) is 2.82. The van der Waals surface area contributed by atoms with Crippen LogP contribution in [0.1, 0.15) is 44.2 Å². The summed E-state index contributed by atoms with van der Waals surface area (Å²) in [6, 6.07) is 8.64. The van der Waals surface area contributed by atoms with E-state index in [4.69, 9.17) is 5.73 Å². The van der Waals surface area contributed by atoms with Gasteiger partial charge in [-0.3, -0.25) is 0 Å². The molecule has 2 aromatic rings. The lowest BCUT2D eigenvalue weighted by atomic mass is 9.77. The second kappa shape index (κ2) is 4.77. The van der Waals surface area contributed by atoms with Crippen molar-refractivity contribution in [2.24, 2.45) is 17.6 Å². The third-order valence-corrected chi connectivity index (χ3v) is 4.55. The number of aromatic amines is 1. The lowest BCUT2D eigenvalue weighted by molar-refractivity contribution is 0.257. The molecule has 1 fully saturated rings. The number of benzene rings is 1. The molecule has 1 atom stereocenters. The first-order chi connectivity index (χ1) is 8.75. The summed E-state index contributed by atoms with van der Waals surface area (Å²) in [6.45, 7) is 2.35. The van der Waals surface area contributed by atoms with Crippen LogP contribution in [0.5, 0.6) is 0 Å². The van der Waals surface area contributed by atoms with Gasteiger partial charge in [0.25, 0.3) is 0 Å². The van der Waals surface area contributed by atoms with E-state index in [1.807, 2.05) is 0 Å². The Kier molecular flexibility index (Phi) is 3.13. The molecule has 2 heteroatoms. The molecule has 1 aromatic carbocycles. The highest BCUT2D eigenvalue weighted by Crippen LogP contribution is 2.37. The Morgan fingerprint density at radius 3 is 2.67 bits per heavy atom. The van der Waals surface area contributed by atoms with Gasteiger partial charge in [-0.25, -0.2) is 0 Å².